The lowest BCUT2D eigenvalue weighted by atomic mass is 9.86. The van der Waals surface area contributed by atoms with Crippen LogP contribution in [0.25, 0.3) is 0 Å². The number of allylic oxidation sites excluding steroid dienone is 1. The second kappa shape index (κ2) is 10.9. The molecule has 0 radical (unpaired) electrons. The average Bonchev–Trinajstić information content (AvgIpc) is 3.30. The highest BCUT2D eigenvalue weighted by Crippen LogP contribution is 2.41. The van der Waals surface area contributed by atoms with Crippen LogP contribution < -0.4 is 15.1 Å². The molecule has 4 heterocycles. The fraction of sp³-hybridized carbons (Fsp3) is 0.519. The molecule has 0 amide bonds. The number of anilines is 2. The predicted molar refractivity (Wildman–Crippen MR) is 145 cm³/mol. The summed E-state index contributed by atoms with van der Waals surface area (Å²) in [5.74, 6) is -3.14. The molecule has 0 spiro atoms. The number of piperidine rings is 1. The van der Waals surface area contributed by atoms with Crippen molar-refractivity contribution >= 4 is 35.1 Å². The molecule has 2 unspecified atom stereocenters. The van der Waals surface area contributed by atoms with Gasteiger partial charge < -0.3 is 15.1 Å². The van der Waals surface area contributed by atoms with Crippen LogP contribution in [0.2, 0.25) is 5.15 Å². The van der Waals surface area contributed by atoms with Crippen LogP contribution in [0, 0.1) is 5.92 Å². The van der Waals surface area contributed by atoms with Gasteiger partial charge in [0.15, 0.2) is 0 Å². The summed E-state index contributed by atoms with van der Waals surface area (Å²) in [6, 6.07) is 11.8. The van der Waals surface area contributed by atoms with E-state index in [1.807, 2.05) is 6.92 Å². The number of benzene rings is 1. The lowest BCUT2D eigenvalue weighted by molar-refractivity contribution is -0.0750. The Morgan fingerprint density at radius 1 is 1.08 bits per heavy atom. The van der Waals surface area contributed by atoms with E-state index in [1.165, 1.54) is 28.4 Å². The van der Waals surface area contributed by atoms with Gasteiger partial charge in [0.2, 0.25) is 0 Å². The molecular formula is C27H34ClF2N5S. The predicted octanol–water partition coefficient (Wildman–Crippen LogP) is 6.16. The molecule has 3 saturated heterocycles. The first-order chi connectivity index (χ1) is 17.3. The zero-order chi connectivity index (χ0) is 25.3. The van der Waals surface area contributed by atoms with Crippen molar-refractivity contribution in [2.75, 3.05) is 49.1 Å². The molecule has 5 nitrogen and oxygen atoms in total. The van der Waals surface area contributed by atoms with Crippen molar-refractivity contribution in [2.24, 2.45) is 5.92 Å². The van der Waals surface area contributed by atoms with Gasteiger partial charge in [-0.25, -0.2) is 18.1 Å². The van der Waals surface area contributed by atoms with Gasteiger partial charge in [0, 0.05) is 73.1 Å². The molecule has 0 saturated carbocycles. The van der Waals surface area contributed by atoms with Crippen LogP contribution >= 0.6 is 23.5 Å². The normalized spacial score (nSPS) is 23.9. The standard InChI is InChI=1S/C27H34ClF2N5S/c1-19-5-6-21(18-31-19)27(29,30)22-16-25(28)32-26(17-22)33-12-14-34(15-13-33)36-24-9-7-23(8-10-24)35-11-3-4-20(35)2/h7-10,16-17,19,21,31H,2-6,11-15,18H2,1H3. The molecule has 2 aromatic rings. The van der Waals surface area contributed by atoms with E-state index in [0.29, 0.717) is 31.9 Å². The number of alkyl halides is 2. The first kappa shape index (κ1) is 25.8. The maximum absolute atomic E-state index is 15.4. The van der Waals surface area contributed by atoms with Crippen LogP contribution in [0.3, 0.4) is 0 Å². The van der Waals surface area contributed by atoms with Crippen LogP contribution in [0.1, 0.15) is 38.2 Å². The molecular weight excluding hydrogens is 500 g/mol. The maximum Gasteiger partial charge on any atom is 0.277 e. The van der Waals surface area contributed by atoms with Gasteiger partial charge in [-0.1, -0.05) is 18.2 Å². The number of hydrogen-bond acceptors (Lipinski definition) is 6. The Morgan fingerprint density at radius 2 is 1.83 bits per heavy atom. The highest BCUT2D eigenvalue weighted by molar-refractivity contribution is 7.97. The Balaban J connectivity index is 1.19. The Labute approximate surface area is 222 Å². The molecule has 9 heteroatoms. The molecule has 194 valence electrons. The van der Waals surface area contributed by atoms with E-state index in [1.54, 1.807) is 11.9 Å². The zero-order valence-electron chi connectivity index (χ0n) is 20.7. The third kappa shape index (κ3) is 5.67. The number of aromatic nitrogens is 1. The van der Waals surface area contributed by atoms with Crippen molar-refractivity contribution in [2.45, 2.75) is 49.5 Å². The van der Waals surface area contributed by atoms with Crippen molar-refractivity contribution in [3.63, 3.8) is 0 Å². The monoisotopic (exact) mass is 533 g/mol. The minimum absolute atomic E-state index is 0.0311. The van der Waals surface area contributed by atoms with Crippen molar-refractivity contribution < 1.29 is 8.78 Å². The molecule has 1 aromatic carbocycles. The molecule has 0 bridgehead atoms. The average molecular weight is 534 g/mol. The summed E-state index contributed by atoms with van der Waals surface area (Å²) in [4.78, 5) is 9.93. The SMILES string of the molecule is C=C1CCCN1c1ccc(SN2CCN(c3cc(C(F)(F)C4CCC(C)NC4)cc(Cl)n3)CC2)cc1. The lowest BCUT2D eigenvalue weighted by Crippen LogP contribution is -2.44. The van der Waals surface area contributed by atoms with Crippen LogP contribution in [-0.2, 0) is 5.92 Å². The number of halogens is 3. The second-order valence-electron chi connectivity index (χ2n) is 10.1. The summed E-state index contributed by atoms with van der Waals surface area (Å²) >= 11 is 7.97. The third-order valence-electron chi connectivity index (χ3n) is 7.51. The van der Waals surface area contributed by atoms with Gasteiger partial charge in [-0.05, 0) is 81.0 Å². The van der Waals surface area contributed by atoms with Gasteiger partial charge in [-0.3, -0.25) is 0 Å². The number of nitrogens with one attached hydrogen (secondary N) is 1. The largest absolute Gasteiger partial charge is 0.354 e. The Bertz CT molecular complexity index is 1070. The van der Waals surface area contributed by atoms with Crippen LogP contribution in [0.15, 0.2) is 53.6 Å². The summed E-state index contributed by atoms with van der Waals surface area (Å²) in [5, 5.41) is 3.31. The number of rotatable bonds is 6. The van der Waals surface area contributed by atoms with Gasteiger partial charge >= 0.3 is 0 Å². The van der Waals surface area contributed by atoms with E-state index in [9.17, 15) is 0 Å². The molecule has 36 heavy (non-hydrogen) atoms. The molecule has 3 aliphatic rings. The fourth-order valence-corrected chi connectivity index (χ4v) is 6.38. The lowest BCUT2D eigenvalue weighted by Gasteiger charge is -2.36. The van der Waals surface area contributed by atoms with E-state index in [4.69, 9.17) is 11.6 Å². The van der Waals surface area contributed by atoms with Crippen molar-refractivity contribution in [3.05, 3.63) is 59.4 Å². The molecule has 3 aliphatic heterocycles. The van der Waals surface area contributed by atoms with Crippen LogP contribution in [0.5, 0.6) is 0 Å². The summed E-state index contributed by atoms with van der Waals surface area (Å²) in [6.45, 7) is 10.6. The highest BCUT2D eigenvalue weighted by atomic mass is 35.5. The summed E-state index contributed by atoms with van der Waals surface area (Å²) in [6.07, 6.45) is 3.48. The van der Waals surface area contributed by atoms with E-state index in [0.717, 1.165) is 38.9 Å². The first-order valence-corrected chi connectivity index (χ1v) is 14.0. The zero-order valence-corrected chi connectivity index (χ0v) is 22.3. The molecule has 1 N–H and O–H groups in total. The Kier molecular flexibility index (Phi) is 7.77. The van der Waals surface area contributed by atoms with Gasteiger partial charge in [0.05, 0.1) is 0 Å². The van der Waals surface area contributed by atoms with E-state index in [-0.39, 0.29) is 16.8 Å². The smallest absolute Gasteiger partial charge is 0.277 e. The van der Waals surface area contributed by atoms with Crippen molar-refractivity contribution in [3.8, 4) is 0 Å². The van der Waals surface area contributed by atoms with Gasteiger partial charge in [-0.15, -0.1) is 0 Å². The van der Waals surface area contributed by atoms with Gasteiger partial charge in [0.25, 0.3) is 5.92 Å². The first-order valence-electron chi connectivity index (χ1n) is 12.8. The maximum atomic E-state index is 15.4. The molecule has 3 fully saturated rings. The molecule has 1 aromatic heterocycles. The number of piperazine rings is 1. The number of nitrogens with zero attached hydrogens (tertiary/aromatic N) is 4. The quantitative estimate of drug-likeness (QED) is 0.354. The highest BCUT2D eigenvalue weighted by Gasteiger charge is 2.43. The Morgan fingerprint density at radius 3 is 2.47 bits per heavy atom. The Hall–Kier alpha value is -1.87. The summed E-state index contributed by atoms with van der Waals surface area (Å²) in [5.41, 5.74) is 2.35. The van der Waals surface area contributed by atoms with E-state index < -0.39 is 11.8 Å². The number of pyridine rings is 1. The molecule has 2 atom stereocenters. The minimum atomic E-state index is -2.94. The van der Waals surface area contributed by atoms with Gasteiger partial charge in [0.1, 0.15) is 11.0 Å². The fourth-order valence-electron chi connectivity index (χ4n) is 5.27. The van der Waals surface area contributed by atoms with Crippen LogP contribution in [0.4, 0.5) is 20.3 Å². The van der Waals surface area contributed by atoms with Crippen molar-refractivity contribution in [1.82, 2.24) is 14.6 Å². The van der Waals surface area contributed by atoms with Crippen LogP contribution in [-0.4, -0.2) is 54.6 Å². The summed E-state index contributed by atoms with van der Waals surface area (Å²) < 4.78 is 33.1. The van der Waals surface area contributed by atoms with Gasteiger partial charge in [-0.2, -0.15) is 0 Å². The number of hydrogen-bond donors (Lipinski definition) is 1. The van der Waals surface area contributed by atoms with E-state index >= 15 is 8.78 Å². The second-order valence-corrected chi connectivity index (χ2v) is 11.6. The third-order valence-corrected chi connectivity index (χ3v) is 8.81. The molecule has 5 rings (SSSR count). The molecule has 0 aliphatic carbocycles. The topological polar surface area (TPSA) is 34.6 Å². The minimum Gasteiger partial charge on any atom is -0.354 e. The van der Waals surface area contributed by atoms with E-state index in [2.05, 4.69) is 55.3 Å². The van der Waals surface area contributed by atoms with Crippen molar-refractivity contribution in [1.29, 1.82) is 0 Å². The summed E-state index contributed by atoms with van der Waals surface area (Å²) in [7, 11) is 0.